The predicted molar refractivity (Wildman–Crippen MR) is 100 cm³/mol. The van der Waals surface area contributed by atoms with E-state index in [9.17, 15) is 14.7 Å². The Bertz CT molecular complexity index is 857. The molecule has 0 spiro atoms. The molecule has 2 aromatic rings. The maximum Gasteiger partial charge on any atom is 0.408 e. The summed E-state index contributed by atoms with van der Waals surface area (Å²) >= 11 is 0. The van der Waals surface area contributed by atoms with Crippen LogP contribution in [0.3, 0.4) is 0 Å². The maximum atomic E-state index is 13.0. The van der Waals surface area contributed by atoms with Crippen LogP contribution in [0.1, 0.15) is 25.1 Å². The quantitative estimate of drug-likeness (QED) is 0.890. The lowest BCUT2D eigenvalue weighted by atomic mass is 9.98. The molecular weight excluding hydrogens is 348 g/mol. The molecule has 8 heteroatoms. The van der Waals surface area contributed by atoms with Crippen molar-refractivity contribution >= 4 is 17.8 Å². The van der Waals surface area contributed by atoms with Crippen LogP contribution in [0.25, 0.3) is 0 Å². The highest BCUT2D eigenvalue weighted by Crippen LogP contribution is 2.28. The molecule has 1 aromatic heterocycles. The van der Waals surface area contributed by atoms with E-state index in [2.05, 4.69) is 5.10 Å². The van der Waals surface area contributed by atoms with Crippen molar-refractivity contribution < 1.29 is 19.4 Å². The van der Waals surface area contributed by atoms with Gasteiger partial charge in [-0.1, -0.05) is 12.1 Å². The van der Waals surface area contributed by atoms with Gasteiger partial charge in [0.15, 0.2) is 0 Å². The van der Waals surface area contributed by atoms with E-state index in [1.54, 1.807) is 30.5 Å². The van der Waals surface area contributed by atoms with Crippen LogP contribution in [-0.4, -0.2) is 57.5 Å². The topological polar surface area (TPSA) is 87.9 Å². The fourth-order valence-electron chi connectivity index (χ4n) is 3.35. The van der Waals surface area contributed by atoms with Gasteiger partial charge in [-0.2, -0.15) is 5.10 Å². The van der Waals surface area contributed by atoms with Gasteiger partial charge in [-0.15, -0.1) is 0 Å². The summed E-state index contributed by atoms with van der Waals surface area (Å²) in [4.78, 5) is 27.3. The Labute approximate surface area is 157 Å². The maximum absolute atomic E-state index is 13.0. The van der Waals surface area contributed by atoms with Crippen LogP contribution in [-0.2, 0) is 11.3 Å². The highest BCUT2D eigenvalue weighted by molar-refractivity contribution is 6.01. The van der Waals surface area contributed by atoms with E-state index in [1.807, 2.05) is 37.3 Å². The van der Waals surface area contributed by atoms with E-state index in [-0.39, 0.29) is 12.5 Å². The molecule has 1 N–H and O–H groups in total. The number of amides is 2. The van der Waals surface area contributed by atoms with Crippen LogP contribution in [0.2, 0.25) is 0 Å². The van der Waals surface area contributed by atoms with Gasteiger partial charge in [-0.3, -0.25) is 14.6 Å². The number of ether oxygens (including phenoxy) is 1. The molecule has 2 heterocycles. The second-order valence-electron chi connectivity index (χ2n) is 7.10. The summed E-state index contributed by atoms with van der Waals surface area (Å²) in [6.07, 6.45) is -1.09. The molecule has 0 saturated carbocycles. The molecule has 0 radical (unpaired) electrons. The first-order valence-electron chi connectivity index (χ1n) is 8.74. The number of carboxylic acid groups (broad SMARTS) is 1. The molecule has 1 aliphatic rings. The van der Waals surface area contributed by atoms with Crippen molar-refractivity contribution in [2.24, 2.45) is 0 Å². The highest BCUT2D eigenvalue weighted by atomic mass is 16.5. The van der Waals surface area contributed by atoms with Gasteiger partial charge in [0.2, 0.25) is 0 Å². The monoisotopic (exact) mass is 372 g/mol. The molecular formula is C19H24N4O4. The summed E-state index contributed by atoms with van der Waals surface area (Å²) in [5.41, 5.74) is 0.688. The number of hydrogen-bond acceptors (Lipinski definition) is 4. The summed E-state index contributed by atoms with van der Waals surface area (Å²) in [6.45, 7) is 6.18. The first-order chi connectivity index (χ1) is 12.7. The number of carbonyl (C=O) groups is 2. The number of aryl methyl sites for hydroxylation is 1. The first kappa shape index (κ1) is 18.8. The molecule has 144 valence electrons. The molecule has 1 aromatic carbocycles. The van der Waals surface area contributed by atoms with E-state index in [1.165, 1.54) is 4.90 Å². The van der Waals surface area contributed by atoms with Crippen LogP contribution < -0.4 is 9.64 Å². The standard InChI is InChI=1S/C19H24N4O4/c1-13-11-16(21-9-10-22(18(25)26)19(2,3)17(21)24)23(20-13)12-14-5-7-15(27-4)8-6-14/h5-8,11H,9-10,12H2,1-4H3,(H,25,26). The fraction of sp³-hybridized carbons (Fsp3) is 0.421. The Hall–Kier alpha value is -3.03. The Morgan fingerprint density at radius 2 is 1.93 bits per heavy atom. The summed E-state index contributed by atoms with van der Waals surface area (Å²) in [5.74, 6) is 1.19. The minimum atomic E-state index is -1.13. The van der Waals surface area contributed by atoms with Crippen molar-refractivity contribution in [3.8, 4) is 5.75 Å². The third-order valence-electron chi connectivity index (χ3n) is 4.87. The van der Waals surface area contributed by atoms with E-state index in [0.29, 0.717) is 18.9 Å². The van der Waals surface area contributed by atoms with Gasteiger partial charge in [0, 0.05) is 19.2 Å². The molecule has 1 saturated heterocycles. The molecule has 1 aliphatic heterocycles. The van der Waals surface area contributed by atoms with Crippen LogP contribution in [0, 0.1) is 6.92 Å². The number of benzene rings is 1. The SMILES string of the molecule is COc1ccc(Cn2nc(C)cc2N2CCN(C(=O)O)C(C)(C)C2=O)cc1. The molecule has 8 nitrogen and oxygen atoms in total. The summed E-state index contributed by atoms with van der Waals surface area (Å²) in [6, 6.07) is 9.52. The minimum absolute atomic E-state index is 0.251. The number of aromatic nitrogens is 2. The average molecular weight is 372 g/mol. The van der Waals surface area contributed by atoms with Crippen molar-refractivity contribution in [1.82, 2.24) is 14.7 Å². The normalized spacial score (nSPS) is 16.5. The van der Waals surface area contributed by atoms with E-state index < -0.39 is 11.6 Å². The van der Waals surface area contributed by atoms with Gasteiger partial charge in [0.05, 0.1) is 19.3 Å². The molecule has 2 amide bonds. The minimum Gasteiger partial charge on any atom is -0.497 e. The van der Waals surface area contributed by atoms with Gasteiger partial charge in [0.1, 0.15) is 17.1 Å². The van der Waals surface area contributed by atoms with Crippen LogP contribution in [0.4, 0.5) is 10.6 Å². The smallest absolute Gasteiger partial charge is 0.408 e. The van der Waals surface area contributed by atoms with Gasteiger partial charge in [0.25, 0.3) is 5.91 Å². The number of hydrogen-bond donors (Lipinski definition) is 1. The zero-order chi connectivity index (χ0) is 19.8. The zero-order valence-electron chi connectivity index (χ0n) is 16.0. The fourth-order valence-corrected chi connectivity index (χ4v) is 3.35. The number of methoxy groups -OCH3 is 1. The van der Waals surface area contributed by atoms with Crippen molar-refractivity contribution in [2.45, 2.75) is 32.9 Å². The number of carbonyl (C=O) groups excluding carboxylic acids is 1. The third kappa shape index (κ3) is 3.47. The molecule has 0 unspecified atom stereocenters. The van der Waals surface area contributed by atoms with Crippen LogP contribution in [0.5, 0.6) is 5.75 Å². The Balaban J connectivity index is 1.89. The predicted octanol–water partition coefficient (Wildman–Crippen LogP) is 2.35. The largest absolute Gasteiger partial charge is 0.497 e. The van der Waals surface area contributed by atoms with Gasteiger partial charge < -0.3 is 9.84 Å². The Morgan fingerprint density at radius 3 is 2.52 bits per heavy atom. The van der Waals surface area contributed by atoms with E-state index in [0.717, 1.165) is 17.0 Å². The lowest BCUT2D eigenvalue weighted by Gasteiger charge is -2.44. The average Bonchev–Trinajstić information content (AvgIpc) is 2.97. The van der Waals surface area contributed by atoms with Crippen molar-refractivity contribution in [3.63, 3.8) is 0 Å². The van der Waals surface area contributed by atoms with Crippen molar-refractivity contribution in [1.29, 1.82) is 0 Å². The first-order valence-corrected chi connectivity index (χ1v) is 8.74. The van der Waals surface area contributed by atoms with Crippen LogP contribution >= 0.6 is 0 Å². The van der Waals surface area contributed by atoms with Gasteiger partial charge >= 0.3 is 6.09 Å². The lowest BCUT2D eigenvalue weighted by molar-refractivity contribution is -0.130. The van der Waals surface area contributed by atoms with Gasteiger partial charge in [-0.25, -0.2) is 9.48 Å². The summed E-state index contributed by atoms with van der Waals surface area (Å²) in [5, 5.41) is 13.9. The molecule has 0 atom stereocenters. The lowest BCUT2D eigenvalue weighted by Crippen LogP contribution is -2.64. The second kappa shape index (κ2) is 6.94. The zero-order valence-corrected chi connectivity index (χ0v) is 16.0. The Morgan fingerprint density at radius 1 is 1.26 bits per heavy atom. The highest BCUT2D eigenvalue weighted by Gasteiger charge is 2.45. The number of nitrogens with zero attached hydrogens (tertiary/aromatic N) is 4. The van der Waals surface area contributed by atoms with Crippen molar-refractivity contribution in [2.75, 3.05) is 25.1 Å². The number of anilines is 1. The Kier molecular flexibility index (Phi) is 4.82. The van der Waals surface area contributed by atoms with E-state index in [4.69, 9.17) is 4.74 Å². The summed E-state index contributed by atoms with van der Waals surface area (Å²) in [7, 11) is 1.62. The molecule has 0 aliphatic carbocycles. The van der Waals surface area contributed by atoms with Crippen molar-refractivity contribution in [3.05, 3.63) is 41.6 Å². The molecule has 0 bridgehead atoms. The van der Waals surface area contributed by atoms with Crippen LogP contribution in [0.15, 0.2) is 30.3 Å². The number of rotatable bonds is 4. The number of piperazine rings is 1. The van der Waals surface area contributed by atoms with Gasteiger partial charge in [-0.05, 0) is 38.5 Å². The summed E-state index contributed by atoms with van der Waals surface area (Å²) < 4.78 is 6.96. The molecule has 3 rings (SSSR count). The molecule has 1 fully saturated rings. The van der Waals surface area contributed by atoms with E-state index >= 15 is 0 Å². The second-order valence-corrected chi connectivity index (χ2v) is 7.10. The molecule has 27 heavy (non-hydrogen) atoms. The third-order valence-corrected chi connectivity index (χ3v) is 4.87.